The fraction of sp³-hybridized carbons (Fsp3) is 0.310. The third-order valence-electron chi connectivity index (χ3n) is 6.41. The highest BCUT2D eigenvalue weighted by molar-refractivity contribution is 6.12. The predicted octanol–water partition coefficient (Wildman–Crippen LogP) is 2.31. The number of nitrogens with zero attached hydrogens (tertiary/aromatic N) is 1. The Morgan fingerprint density at radius 3 is 2.46 bits per heavy atom. The Hall–Kier alpha value is -3.88. The van der Waals surface area contributed by atoms with Crippen molar-refractivity contribution in [2.24, 2.45) is 0 Å². The average Bonchev–Trinajstić information content (AvgIpc) is 2.91. The standard InChI is InChI=1S/C29H35N5O3/c1-34-15-13-24(14-16-34)32-23-9-7-22(8-10-23)29(35)33-28(31)26-12-11-25(19-27(26)30)37-18-17-36-20-21-5-3-2-4-6-21/h2-12,19,24,32H,13-18,20,30H2,1H3,(H2,31,33,35)/p+1. The van der Waals surface area contributed by atoms with Gasteiger partial charge in [0.05, 0.1) is 30.0 Å². The van der Waals surface area contributed by atoms with Crippen LogP contribution in [-0.4, -0.2) is 56.0 Å². The van der Waals surface area contributed by atoms with Crippen LogP contribution in [0.15, 0.2) is 72.8 Å². The highest BCUT2D eigenvalue weighted by Crippen LogP contribution is 2.20. The third kappa shape index (κ3) is 7.80. The zero-order chi connectivity index (χ0) is 26.0. The van der Waals surface area contributed by atoms with E-state index in [1.165, 1.54) is 0 Å². The summed E-state index contributed by atoms with van der Waals surface area (Å²) >= 11 is 0. The number of amidine groups is 1. The smallest absolute Gasteiger partial charge is 0.339 e. The number of anilines is 2. The lowest BCUT2D eigenvalue weighted by Crippen LogP contribution is -2.51. The Morgan fingerprint density at radius 1 is 1.03 bits per heavy atom. The fourth-order valence-electron chi connectivity index (χ4n) is 4.23. The molecule has 1 aliphatic heterocycles. The van der Waals surface area contributed by atoms with Crippen LogP contribution in [0.3, 0.4) is 0 Å². The molecule has 0 radical (unpaired) electrons. The molecule has 0 aromatic heterocycles. The van der Waals surface area contributed by atoms with Crippen LogP contribution in [0.5, 0.6) is 5.75 Å². The normalized spacial score (nSPS) is 14.2. The van der Waals surface area contributed by atoms with Crippen molar-refractivity contribution in [2.45, 2.75) is 25.5 Å². The minimum atomic E-state index is -0.293. The number of hydrogen-bond donors (Lipinski definition) is 4. The summed E-state index contributed by atoms with van der Waals surface area (Å²) in [5.74, 6) is 0.504. The maximum absolute atomic E-state index is 12.7. The van der Waals surface area contributed by atoms with E-state index in [1.54, 1.807) is 30.3 Å². The molecule has 3 aromatic rings. The summed E-state index contributed by atoms with van der Waals surface area (Å²) in [6.07, 6.45) is 2.22. The quantitative estimate of drug-likeness (QED) is 0.146. The Morgan fingerprint density at radius 2 is 1.76 bits per heavy atom. The number of amides is 1. The van der Waals surface area contributed by atoms with Gasteiger partial charge < -0.3 is 25.4 Å². The number of carbonyl (C=O) groups is 1. The SMILES string of the molecule is CN1CCC(Nc2ccc(C(=O)NC(=[NH2+])c3ccc(OCCOCc4ccccc4)cc3N)cc2)CC1. The maximum Gasteiger partial charge on any atom is 0.339 e. The number of hydrogen-bond acceptors (Lipinski definition) is 6. The van der Waals surface area contributed by atoms with Crippen molar-refractivity contribution in [3.8, 4) is 5.75 Å². The lowest BCUT2D eigenvalue weighted by molar-refractivity contribution is -0.116. The number of rotatable bonds is 10. The molecule has 1 fully saturated rings. The molecule has 194 valence electrons. The number of nitrogens with one attached hydrogen (secondary N) is 2. The highest BCUT2D eigenvalue weighted by Gasteiger charge is 2.20. The van der Waals surface area contributed by atoms with Gasteiger partial charge in [-0.3, -0.25) is 5.41 Å². The zero-order valence-corrected chi connectivity index (χ0v) is 21.3. The summed E-state index contributed by atoms with van der Waals surface area (Å²) < 4.78 is 11.4. The van der Waals surface area contributed by atoms with Gasteiger partial charge in [-0.1, -0.05) is 30.3 Å². The lowest BCUT2D eigenvalue weighted by Gasteiger charge is -2.30. The number of benzene rings is 3. The van der Waals surface area contributed by atoms with Crippen molar-refractivity contribution in [1.29, 1.82) is 0 Å². The summed E-state index contributed by atoms with van der Waals surface area (Å²) in [5, 5.41) is 12.5. The number of nitrogens with two attached hydrogens (primary N) is 2. The van der Waals surface area contributed by atoms with Crippen LogP contribution in [0.4, 0.5) is 11.4 Å². The molecule has 3 aromatic carbocycles. The van der Waals surface area contributed by atoms with Gasteiger partial charge >= 0.3 is 5.91 Å². The van der Waals surface area contributed by atoms with Crippen molar-refractivity contribution in [3.63, 3.8) is 0 Å². The number of piperidine rings is 1. The molecule has 1 amide bonds. The van der Waals surface area contributed by atoms with Crippen molar-refractivity contribution >= 4 is 23.1 Å². The van der Waals surface area contributed by atoms with Gasteiger partial charge in [-0.2, -0.15) is 0 Å². The van der Waals surface area contributed by atoms with Crippen LogP contribution < -0.4 is 26.5 Å². The fourth-order valence-corrected chi connectivity index (χ4v) is 4.23. The van der Waals surface area contributed by atoms with Crippen LogP contribution >= 0.6 is 0 Å². The Balaban J connectivity index is 1.23. The van der Waals surface area contributed by atoms with Gasteiger partial charge in [0.2, 0.25) is 0 Å². The number of ether oxygens (including phenoxy) is 2. The summed E-state index contributed by atoms with van der Waals surface area (Å²) in [6, 6.07) is 23.1. The summed E-state index contributed by atoms with van der Waals surface area (Å²) in [4.78, 5) is 15.1. The van der Waals surface area contributed by atoms with Gasteiger partial charge in [0.1, 0.15) is 12.4 Å². The molecule has 0 saturated carbocycles. The van der Waals surface area contributed by atoms with E-state index in [4.69, 9.17) is 20.6 Å². The summed E-state index contributed by atoms with van der Waals surface area (Å²) in [6.45, 7) is 3.56. The van der Waals surface area contributed by atoms with E-state index in [0.717, 1.165) is 37.2 Å². The first-order valence-electron chi connectivity index (χ1n) is 12.6. The molecule has 0 aliphatic carbocycles. The molecular weight excluding hydrogens is 466 g/mol. The topological polar surface area (TPSA) is 114 Å². The third-order valence-corrected chi connectivity index (χ3v) is 6.41. The zero-order valence-electron chi connectivity index (χ0n) is 21.3. The molecule has 1 aliphatic rings. The largest absolute Gasteiger partial charge is 0.491 e. The van der Waals surface area contributed by atoms with Crippen LogP contribution in [0.25, 0.3) is 0 Å². The molecule has 8 heteroatoms. The van der Waals surface area contributed by atoms with E-state index in [9.17, 15) is 4.79 Å². The van der Waals surface area contributed by atoms with Gasteiger partial charge in [-0.15, -0.1) is 0 Å². The van der Waals surface area contributed by atoms with E-state index in [-0.39, 0.29) is 11.7 Å². The number of carbonyl (C=O) groups excluding carboxylic acids is 1. The van der Waals surface area contributed by atoms with Gasteiger partial charge in [0, 0.05) is 17.8 Å². The van der Waals surface area contributed by atoms with Gasteiger partial charge in [0.25, 0.3) is 5.84 Å². The molecular formula is C29H36N5O3+. The molecule has 8 nitrogen and oxygen atoms in total. The molecule has 1 heterocycles. The highest BCUT2D eigenvalue weighted by atomic mass is 16.5. The van der Waals surface area contributed by atoms with Crippen LogP contribution in [0, 0.1) is 0 Å². The first-order chi connectivity index (χ1) is 18.0. The Bertz CT molecular complexity index is 1180. The van der Waals surface area contributed by atoms with Gasteiger partial charge in [0.15, 0.2) is 0 Å². The van der Waals surface area contributed by atoms with Crippen LogP contribution in [-0.2, 0) is 11.3 Å². The Labute approximate surface area is 218 Å². The van der Waals surface area contributed by atoms with E-state index in [1.807, 2.05) is 42.5 Å². The minimum absolute atomic E-state index is 0.189. The van der Waals surface area contributed by atoms with Crippen molar-refractivity contribution in [1.82, 2.24) is 10.2 Å². The molecule has 37 heavy (non-hydrogen) atoms. The molecule has 6 N–H and O–H groups in total. The predicted molar refractivity (Wildman–Crippen MR) is 147 cm³/mol. The molecule has 0 bridgehead atoms. The van der Waals surface area contributed by atoms with Gasteiger partial charge in [-0.25, -0.2) is 10.1 Å². The van der Waals surface area contributed by atoms with Crippen molar-refractivity contribution in [2.75, 3.05) is 44.4 Å². The van der Waals surface area contributed by atoms with E-state index in [0.29, 0.717) is 48.4 Å². The monoisotopic (exact) mass is 502 g/mol. The summed E-state index contributed by atoms with van der Waals surface area (Å²) in [5.41, 5.74) is 9.79. The molecule has 0 spiro atoms. The second-order valence-electron chi connectivity index (χ2n) is 9.30. The lowest BCUT2D eigenvalue weighted by atomic mass is 10.0. The molecule has 4 rings (SSSR count). The molecule has 0 atom stereocenters. The second-order valence-corrected chi connectivity index (χ2v) is 9.30. The summed E-state index contributed by atoms with van der Waals surface area (Å²) in [7, 11) is 2.15. The van der Waals surface area contributed by atoms with Crippen molar-refractivity contribution < 1.29 is 19.7 Å². The first-order valence-corrected chi connectivity index (χ1v) is 12.6. The van der Waals surface area contributed by atoms with Crippen LogP contribution in [0.2, 0.25) is 0 Å². The minimum Gasteiger partial charge on any atom is -0.491 e. The second kappa shape index (κ2) is 12.9. The molecule has 0 unspecified atom stereocenters. The van der Waals surface area contributed by atoms with Gasteiger partial charge in [-0.05, 0) is 74.9 Å². The van der Waals surface area contributed by atoms with Crippen molar-refractivity contribution in [3.05, 3.63) is 89.5 Å². The molecule has 1 saturated heterocycles. The Kier molecular flexibility index (Phi) is 9.13. The first kappa shape index (κ1) is 26.2. The van der Waals surface area contributed by atoms with E-state index in [2.05, 4.69) is 22.6 Å². The van der Waals surface area contributed by atoms with E-state index >= 15 is 0 Å². The maximum atomic E-state index is 12.7. The van der Waals surface area contributed by atoms with E-state index < -0.39 is 0 Å². The number of nitrogen functional groups attached to an aromatic ring is 1. The average molecular weight is 503 g/mol. The number of likely N-dealkylation sites (tertiary alicyclic amines) is 1. The van der Waals surface area contributed by atoms with Crippen LogP contribution in [0.1, 0.15) is 34.3 Å².